The number of thiazole rings is 1. The van der Waals surface area contributed by atoms with E-state index in [0.29, 0.717) is 12.0 Å². The first-order valence-electron chi connectivity index (χ1n) is 5.49. The molecule has 0 amide bonds. The summed E-state index contributed by atoms with van der Waals surface area (Å²) < 4.78 is 0. The third-order valence-corrected chi connectivity index (χ3v) is 3.97. The standard InChI is InChI=1S/C11H18N2S/c12-11-5-3-1-2-4-9(11)6-10-7-13-8-14-10/h7-9,11H,1-6,12H2. The number of hydrogen-bond acceptors (Lipinski definition) is 3. The van der Waals surface area contributed by atoms with E-state index in [1.165, 1.54) is 37.0 Å². The molecule has 1 aliphatic rings. The maximum Gasteiger partial charge on any atom is 0.0794 e. The zero-order chi connectivity index (χ0) is 9.80. The van der Waals surface area contributed by atoms with Crippen molar-refractivity contribution in [2.24, 2.45) is 11.7 Å². The summed E-state index contributed by atoms with van der Waals surface area (Å²) in [6.07, 6.45) is 9.70. The first-order valence-corrected chi connectivity index (χ1v) is 6.37. The summed E-state index contributed by atoms with van der Waals surface area (Å²) in [6, 6.07) is 0.416. The van der Waals surface area contributed by atoms with E-state index < -0.39 is 0 Å². The molecule has 1 aromatic rings. The molecule has 1 aliphatic carbocycles. The van der Waals surface area contributed by atoms with Crippen molar-refractivity contribution in [1.82, 2.24) is 4.98 Å². The van der Waals surface area contributed by atoms with Crippen LogP contribution in [-0.2, 0) is 6.42 Å². The lowest BCUT2D eigenvalue weighted by molar-refractivity contribution is 0.397. The number of aromatic nitrogens is 1. The zero-order valence-corrected chi connectivity index (χ0v) is 9.30. The summed E-state index contributed by atoms with van der Waals surface area (Å²) in [6.45, 7) is 0. The molecule has 1 fully saturated rings. The Labute approximate surface area is 89.5 Å². The summed E-state index contributed by atoms with van der Waals surface area (Å²) in [5.41, 5.74) is 8.09. The molecule has 0 saturated heterocycles. The van der Waals surface area contributed by atoms with Crippen molar-refractivity contribution in [2.45, 2.75) is 44.6 Å². The Bertz CT molecular complexity index is 258. The molecule has 2 N–H and O–H groups in total. The summed E-state index contributed by atoms with van der Waals surface area (Å²) in [5.74, 6) is 0.693. The second kappa shape index (κ2) is 4.89. The molecule has 2 rings (SSSR count). The Kier molecular flexibility index (Phi) is 3.54. The van der Waals surface area contributed by atoms with E-state index in [2.05, 4.69) is 4.98 Å². The van der Waals surface area contributed by atoms with Gasteiger partial charge in [0.1, 0.15) is 0 Å². The predicted octanol–water partition coefficient (Wildman–Crippen LogP) is 2.59. The van der Waals surface area contributed by atoms with E-state index in [1.54, 1.807) is 11.3 Å². The number of hydrogen-bond donors (Lipinski definition) is 1. The van der Waals surface area contributed by atoms with Crippen LogP contribution in [0.5, 0.6) is 0 Å². The van der Waals surface area contributed by atoms with E-state index in [-0.39, 0.29) is 0 Å². The van der Waals surface area contributed by atoms with Crippen LogP contribution in [0.2, 0.25) is 0 Å². The van der Waals surface area contributed by atoms with Gasteiger partial charge in [-0.1, -0.05) is 19.3 Å². The molecule has 1 heterocycles. The molecule has 2 nitrogen and oxygen atoms in total. The van der Waals surface area contributed by atoms with Crippen molar-refractivity contribution in [2.75, 3.05) is 0 Å². The summed E-state index contributed by atoms with van der Waals surface area (Å²) in [7, 11) is 0. The fourth-order valence-corrected chi connectivity index (χ4v) is 2.96. The van der Waals surface area contributed by atoms with Crippen LogP contribution in [0.25, 0.3) is 0 Å². The van der Waals surface area contributed by atoms with Crippen molar-refractivity contribution in [1.29, 1.82) is 0 Å². The second-order valence-corrected chi connectivity index (χ2v) is 5.20. The largest absolute Gasteiger partial charge is 0.327 e. The first kappa shape index (κ1) is 10.1. The van der Waals surface area contributed by atoms with Gasteiger partial charge in [-0.25, -0.2) is 0 Å². The van der Waals surface area contributed by atoms with E-state index in [0.717, 1.165) is 6.42 Å². The minimum Gasteiger partial charge on any atom is -0.327 e. The van der Waals surface area contributed by atoms with Crippen LogP contribution in [0.1, 0.15) is 37.0 Å². The van der Waals surface area contributed by atoms with Gasteiger partial charge in [-0.2, -0.15) is 0 Å². The van der Waals surface area contributed by atoms with Crippen LogP contribution < -0.4 is 5.73 Å². The molecule has 1 aromatic heterocycles. The summed E-state index contributed by atoms with van der Waals surface area (Å²) in [4.78, 5) is 5.51. The lowest BCUT2D eigenvalue weighted by Crippen LogP contribution is -2.30. The van der Waals surface area contributed by atoms with Gasteiger partial charge >= 0.3 is 0 Å². The highest BCUT2D eigenvalue weighted by atomic mass is 32.1. The molecule has 2 atom stereocenters. The van der Waals surface area contributed by atoms with Crippen molar-refractivity contribution >= 4 is 11.3 Å². The van der Waals surface area contributed by atoms with Gasteiger partial charge in [0.25, 0.3) is 0 Å². The monoisotopic (exact) mass is 210 g/mol. The topological polar surface area (TPSA) is 38.9 Å². The molecule has 2 unspecified atom stereocenters. The van der Waals surface area contributed by atoms with Crippen molar-refractivity contribution in [3.8, 4) is 0 Å². The van der Waals surface area contributed by atoms with Gasteiger partial charge < -0.3 is 5.73 Å². The van der Waals surface area contributed by atoms with Crippen molar-refractivity contribution < 1.29 is 0 Å². The maximum absolute atomic E-state index is 6.18. The molecule has 3 heteroatoms. The molecule has 0 aliphatic heterocycles. The third kappa shape index (κ3) is 2.55. The molecule has 1 saturated carbocycles. The molecule has 0 bridgehead atoms. The van der Waals surface area contributed by atoms with Gasteiger partial charge in [-0.05, 0) is 25.2 Å². The predicted molar refractivity (Wildman–Crippen MR) is 60.4 cm³/mol. The minimum absolute atomic E-state index is 0.416. The van der Waals surface area contributed by atoms with Crippen LogP contribution >= 0.6 is 11.3 Å². The van der Waals surface area contributed by atoms with Gasteiger partial charge in [0, 0.05) is 17.1 Å². The Hall–Kier alpha value is -0.410. The van der Waals surface area contributed by atoms with Crippen LogP contribution in [0.15, 0.2) is 11.7 Å². The maximum atomic E-state index is 6.18. The van der Waals surface area contributed by atoms with Crippen LogP contribution in [0.3, 0.4) is 0 Å². The first-order chi connectivity index (χ1) is 6.86. The van der Waals surface area contributed by atoms with E-state index in [4.69, 9.17) is 5.73 Å². The summed E-state index contributed by atoms with van der Waals surface area (Å²) in [5, 5.41) is 0. The smallest absolute Gasteiger partial charge is 0.0794 e. The number of rotatable bonds is 2. The van der Waals surface area contributed by atoms with E-state index in [1.807, 2.05) is 11.7 Å². The fourth-order valence-electron chi connectivity index (χ4n) is 2.27. The molecule has 0 radical (unpaired) electrons. The highest BCUT2D eigenvalue weighted by Crippen LogP contribution is 2.26. The Morgan fingerprint density at radius 1 is 1.36 bits per heavy atom. The third-order valence-electron chi connectivity index (χ3n) is 3.16. The second-order valence-electron chi connectivity index (χ2n) is 4.23. The van der Waals surface area contributed by atoms with E-state index in [9.17, 15) is 0 Å². The van der Waals surface area contributed by atoms with E-state index >= 15 is 0 Å². The average Bonchev–Trinajstić information content (AvgIpc) is 2.60. The van der Waals surface area contributed by atoms with Gasteiger partial charge in [-0.3, -0.25) is 4.98 Å². The van der Waals surface area contributed by atoms with Crippen LogP contribution in [-0.4, -0.2) is 11.0 Å². The van der Waals surface area contributed by atoms with Gasteiger partial charge in [0.05, 0.1) is 5.51 Å². The quantitative estimate of drug-likeness (QED) is 0.762. The molecular weight excluding hydrogens is 192 g/mol. The Morgan fingerprint density at radius 3 is 3.00 bits per heavy atom. The highest BCUT2D eigenvalue weighted by Gasteiger charge is 2.20. The Morgan fingerprint density at radius 2 is 2.21 bits per heavy atom. The van der Waals surface area contributed by atoms with Crippen molar-refractivity contribution in [3.63, 3.8) is 0 Å². The Balaban J connectivity index is 1.94. The summed E-state index contributed by atoms with van der Waals surface area (Å²) >= 11 is 1.76. The van der Waals surface area contributed by atoms with Crippen LogP contribution in [0, 0.1) is 5.92 Å². The minimum atomic E-state index is 0.416. The van der Waals surface area contributed by atoms with Crippen LogP contribution in [0.4, 0.5) is 0 Å². The molecular formula is C11H18N2S. The van der Waals surface area contributed by atoms with Gasteiger partial charge in [0.2, 0.25) is 0 Å². The average molecular weight is 210 g/mol. The van der Waals surface area contributed by atoms with Gasteiger partial charge in [0.15, 0.2) is 0 Å². The number of nitrogens with zero attached hydrogens (tertiary/aromatic N) is 1. The van der Waals surface area contributed by atoms with Gasteiger partial charge in [-0.15, -0.1) is 11.3 Å². The lowest BCUT2D eigenvalue weighted by atomic mass is 9.92. The highest BCUT2D eigenvalue weighted by molar-refractivity contribution is 7.09. The van der Waals surface area contributed by atoms with Crippen molar-refractivity contribution in [3.05, 3.63) is 16.6 Å². The fraction of sp³-hybridized carbons (Fsp3) is 0.727. The number of nitrogens with two attached hydrogens (primary N) is 1. The molecule has 78 valence electrons. The normalized spacial score (nSPS) is 28.6. The molecule has 0 aromatic carbocycles. The SMILES string of the molecule is NC1CCCCCC1Cc1cncs1. The molecule has 14 heavy (non-hydrogen) atoms. The zero-order valence-electron chi connectivity index (χ0n) is 8.48. The lowest BCUT2D eigenvalue weighted by Gasteiger charge is -2.20. The molecule has 0 spiro atoms.